The van der Waals surface area contributed by atoms with Crippen LogP contribution in [-0.2, 0) is 0 Å². The number of allylic oxidation sites excluding steroid dienone is 1. The Morgan fingerprint density at radius 1 is 0.968 bits per heavy atom. The van der Waals surface area contributed by atoms with Crippen molar-refractivity contribution in [2.24, 2.45) is 0 Å². The van der Waals surface area contributed by atoms with Crippen molar-refractivity contribution >= 4 is 11.9 Å². The number of para-hydroxylation sites is 1. The third-order valence-corrected chi connectivity index (χ3v) is 4.59. The van der Waals surface area contributed by atoms with Crippen LogP contribution in [0.2, 0.25) is 0 Å². The molecule has 7 nitrogen and oxygen atoms in total. The van der Waals surface area contributed by atoms with E-state index in [1.54, 1.807) is 25.3 Å². The number of hydrogen-bond acceptors (Lipinski definition) is 6. The average molecular weight is 412 g/mol. The molecular formula is C24H20N4O3. The zero-order chi connectivity index (χ0) is 21.6. The maximum Gasteiger partial charge on any atom is 0.346 e. The predicted molar refractivity (Wildman–Crippen MR) is 117 cm³/mol. The van der Waals surface area contributed by atoms with Gasteiger partial charge in [0.2, 0.25) is 0 Å². The van der Waals surface area contributed by atoms with E-state index in [0.717, 1.165) is 16.8 Å². The molecule has 0 amide bonds. The third-order valence-electron chi connectivity index (χ3n) is 4.59. The van der Waals surface area contributed by atoms with Gasteiger partial charge in [0.15, 0.2) is 17.3 Å². The average Bonchev–Trinajstić information content (AvgIpc) is 3.27. The molecule has 0 bridgehead atoms. The van der Waals surface area contributed by atoms with Crippen LogP contribution in [0.25, 0.3) is 11.8 Å². The van der Waals surface area contributed by atoms with E-state index < -0.39 is 0 Å². The van der Waals surface area contributed by atoms with E-state index in [1.807, 2.05) is 67.6 Å². The molecule has 1 heterocycles. The highest BCUT2D eigenvalue weighted by Gasteiger charge is 2.14. The van der Waals surface area contributed by atoms with E-state index >= 15 is 0 Å². The van der Waals surface area contributed by atoms with Gasteiger partial charge in [-0.1, -0.05) is 65.3 Å². The van der Waals surface area contributed by atoms with Crippen LogP contribution in [0.4, 0.5) is 0 Å². The second-order valence-electron chi connectivity index (χ2n) is 6.78. The summed E-state index contributed by atoms with van der Waals surface area (Å²) >= 11 is 0. The van der Waals surface area contributed by atoms with Crippen molar-refractivity contribution in [3.63, 3.8) is 0 Å². The monoisotopic (exact) mass is 412 g/mol. The number of nitrogens with zero attached hydrogens (tertiary/aromatic N) is 4. The topological polar surface area (TPSA) is 79.1 Å². The number of aromatic nitrogens is 4. The summed E-state index contributed by atoms with van der Waals surface area (Å²) in [5.74, 6) is 0.880. The van der Waals surface area contributed by atoms with Gasteiger partial charge in [0.1, 0.15) is 0 Å². The molecule has 1 aromatic heterocycles. The number of tetrazole rings is 1. The van der Waals surface area contributed by atoms with Gasteiger partial charge in [-0.2, -0.15) is 4.68 Å². The number of ether oxygens (including phenoxy) is 2. The Kier molecular flexibility index (Phi) is 5.84. The van der Waals surface area contributed by atoms with Crippen LogP contribution in [0, 0.1) is 6.92 Å². The highest BCUT2D eigenvalue weighted by molar-refractivity contribution is 6.06. The Labute approximate surface area is 179 Å². The third kappa shape index (κ3) is 4.67. The van der Waals surface area contributed by atoms with E-state index in [2.05, 4.69) is 15.5 Å². The summed E-state index contributed by atoms with van der Waals surface area (Å²) < 4.78 is 12.9. The van der Waals surface area contributed by atoms with Crippen LogP contribution in [0.15, 0.2) is 78.9 Å². The standard InChI is InChI=1S/C24H20N4O3/c1-17-8-12-19(13-9-17)21(29)14-10-18-11-15-22(23(16-18)30-2)31-24-25-26-27-28(24)20-6-4-3-5-7-20/h3-16H,1-2H3/b14-10+. The second kappa shape index (κ2) is 9.04. The second-order valence-corrected chi connectivity index (χ2v) is 6.78. The highest BCUT2D eigenvalue weighted by Crippen LogP contribution is 2.32. The summed E-state index contributed by atoms with van der Waals surface area (Å²) in [5, 5.41) is 11.6. The van der Waals surface area contributed by atoms with Gasteiger partial charge in [-0.15, -0.1) is 0 Å². The molecule has 7 heteroatoms. The Morgan fingerprint density at radius 2 is 1.74 bits per heavy atom. The SMILES string of the molecule is COc1cc(/C=C/C(=O)c2ccc(C)cc2)ccc1Oc1nnnn1-c1ccccc1. The normalized spacial score (nSPS) is 10.9. The van der Waals surface area contributed by atoms with Gasteiger partial charge in [-0.25, -0.2) is 0 Å². The number of aryl methyl sites for hydroxylation is 1. The molecule has 0 unspecified atom stereocenters. The van der Waals surface area contributed by atoms with Crippen molar-refractivity contribution in [2.45, 2.75) is 6.92 Å². The Hall–Kier alpha value is -4.26. The molecule has 0 atom stereocenters. The number of carbonyl (C=O) groups excluding carboxylic acids is 1. The molecule has 0 aliphatic heterocycles. The fourth-order valence-corrected chi connectivity index (χ4v) is 2.93. The molecule has 0 aliphatic carbocycles. The summed E-state index contributed by atoms with van der Waals surface area (Å²) in [5.41, 5.74) is 3.32. The largest absolute Gasteiger partial charge is 0.493 e. The molecule has 154 valence electrons. The summed E-state index contributed by atoms with van der Waals surface area (Å²) in [4.78, 5) is 12.4. The minimum Gasteiger partial charge on any atom is -0.493 e. The fourth-order valence-electron chi connectivity index (χ4n) is 2.93. The first-order valence-electron chi connectivity index (χ1n) is 9.63. The molecule has 0 saturated heterocycles. The molecule has 0 aliphatic rings. The van der Waals surface area contributed by atoms with Crippen molar-refractivity contribution in [2.75, 3.05) is 7.11 Å². The van der Waals surface area contributed by atoms with Crippen LogP contribution in [-0.4, -0.2) is 33.1 Å². The van der Waals surface area contributed by atoms with Crippen molar-refractivity contribution < 1.29 is 14.3 Å². The van der Waals surface area contributed by atoms with Crippen molar-refractivity contribution in [3.8, 4) is 23.2 Å². The Balaban J connectivity index is 1.53. The molecule has 0 radical (unpaired) electrons. The summed E-state index contributed by atoms with van der Waals surface area (Å²) in [6.45, 7) is 1.98. The number of ketones is 1. The number of methoxy groups -OCH3 is 1. The lowest BCUT2D eigenvalue weighted by atomic mass is 10.1. The molecule has 0 N–H and O–H groups in total. The van der Waals surface area contributed by atoms with Gasteiger partial charge in [0, 0.05) is 5.56 Å². The maximum absolute atomic E-state index is 12.4. The number of benzene rings is 3. The van der Waals surface area contributed by atoms with Crippen molar-refractivity contribution in [1.82, 2.24) is 20.2 Å². The molecule has 31 heavy (non-hydrogen) atoms. The first-order chi connectivity index (χ1) is 15.1. The molecule has 0 saturated carbocycles. The fraction of sp³-hybridized carbons (Fsp3) is 0.0833. The van der Waals surface area contributed by atoms with E-state index in [0.29, 0.717) is 17.1 Å². The lowest BCUT2D eigenvalue weighted by Crippen LogP contribution is -2.01. The van der Waals surface area contributed by atoms with Gasteiger partial charge >= 0.3 is 6.01 Å². The molecule has 4 rings (SSSR count). The van der Waals surface area contributed by atoms with E-state index in [9.17, 15) is 4.79 Å². The first-order valence-corrected chi connectivity index (χ1v) is 9.63. The van der Waals surface area contributed by atoms with Crippen LogP contribution in [0.5, 0.6) is 17.5 Å². The van der Waals surface area contributed by atoms with Gasteiger partial charge in [-0.05, 0) is 53.3 Å². The van der Waals surface area contributed by atoms with Crippen LogP contribution in [0.1, 0.15) is 21.5 Å². The molecule has 3 aromatic carbocycles. The number of rotatable bonds is 7. The smallest absolute Gasteiger partial charge is 0.346 e. The number of hydrogen-bond donors (Lipinski definition) is 0. The minimum absolute atomic E-state index is 0.0682. The van der Waals surface area contributed by atoms with Crippen LogP contribution < -0.4 is 9.47 Å². The quantitative estimate of drug-likeness (QED) is 0.324. The first kappa shape index (κ1) is 20.0. The zero-order valence-corrected chi connectivity index (χ0v) is 17.1. The molecular weight excluding hydrogens is 392 g/mol. The van der Waals surface area contributed by atoms with Crippen molar-refractivity contribution in [1.29, 1.82) is 0 Å². The molecule has 0 fully saturated rings. The predicted octanol–water partition coefficient (Wildman–Crippen LogP) is 4.67. The highest BCUT2D eigenvalue weighted by atomic mass is 16.5. The van der Waals surface area contributed by atoms with E-state index in [4.69, 9.17) is 9.47 Å². The van der Waals surface area contributed by atoms with Gasteiger partial charge in [0.25, 0.3) is 0 Å². The van der Waals surface area contributed by atoms with Crippen molar-refractivity contribution in [3.05, 3.63) is 95.6 Å². The zero-order valence-electron chi connectivity index (χ0n) is 17.1. The summed E-state index contributed by atoms with van der Waals surface area (Å²) in [6, 6.07) is 22.5. The maximum atomic E-state index is 12.4. The minimum atomic E-state index is -0.0682. The lowest BCUT2D eigenvalue weighted by Gasteiger charge is -2.10. The van der Waals surface area contributed by atoms with Crippen LogP contribution >= 0.6 is 0 Å². The van der Waals surface area contributed by atoms with E-state index in [1.165, 1.54) is 10.8 Å². The van der Waals surface area contributed by atoms with E-state index in [-0.39, 0.29) is 11.8 Å². The van der Waals surface area contributed by atoms with Gasteiger partial charge < -0.3 is 9.47 Å². The van der Waals surface area contributed by atoms with Crippen LogP contribution in [0.3, 0.4) is 0 Å². The Morgan fingerprint density at radius 3 is 2.48 bits per heavy atom. The summed E-state index contributed by atoms with van der Waals surface area (Å²) in [7, 11) is 1.55. The Bertz CT molecular complexity index is 1220. The van der Waals surface area contributed by atoms with Gasteiger partial charge in [0.05, 0.1) is 12.8 Å². The molecule has 4 aromatic rings. The number of carbonyl (C=O) groups is 1. The van der Waals surface area contributed by atoms with Gasteiger partial charge in [-0.3, -0.25) is 4.79 Å². The lowest BCUT2D eigenvalue weighted by molar-refractivity contribution is 0.104. The summed E-state index contributed by atoms with van der Waals surface area (Å²) in [6.07, 6.45) is 3.28. The molecule has 0 spiro atoms.